The summed E-state index contributed by atoms with van der Waals surface area (Å²) in [5.74, 6) is 0. The number of hydrogen-bond acceptors (Lipinski definition) is 4. The van der Waals surface area contributed by atoms with Crippen molar-refractivity contribution in [3.8, 4) is 0 Å². The molecule has 0 aliphatic heterocycles. The first-order chi connectivity index (χ1) is 8.34. The highest BCUT2D eigenvalue weighted by Gasteiger charge is 2.01. The Balaban J connectivity index is 1.71. The van der Waals surface area contributed by atoms with Crippen LogP contribution in [0.15, 0.2) is 53.3 Å². The van der Waals surface area contributed by atoms with Crippen LogP contribution < -0.4 is 10.9 Å². The molecule has 0 spiro atoms. The van der Waals surface area contributed by atoms with Crippen molar-refractivity contribution in [2.24, 2.45) is 0 Å². The van der Waals surface area contributed by atoms with Crippen molar-refractivity contribution in [1.29, 1.82) is 0 Å². The molecule has 0 saturated heterocycles. The predicted molar refractivity (Wildman–Crippen MR) is 62.1 cm³/mol. The van der Waals surface area contributed by atoms with Crippen LogP contribution in [-0.4, -0.2) is 6.09 Å². The third kappa shape index (κ3) is 3.57. The number of ether oxygens (including phenoxy) is 1. The minimum Gasteiger partial charge on any atom is -0.470 e. The molecule has 88 valence electrons. The summed E-state index contributed by atoms with van der Waals surface area (Å²) in [5.41, 5.74) is 6.62. The first-order valence-corrected chi connectivity index (χ1v) is 5.09. The average molecular weight is 232 g/mol. The fourth-order valence-electron chi connectivity index (χ4n) is 1.22. The molecule has 5 nitrogen and oxygen atoms in total. The lowest BCUT2D eigenvalue weighted by atomic mass is 10.2. The second-order valence-corrected chi connectivity index (χ2v) is 3.32. The van der Waals surface area contributed by atoms with Crippen LogP contribution in [0.2, 0.25) is 0 Å². The molecule has 0 fully saturated rings. The summed E-state index contributed by atoms with van der Waals surface area (Å²) in [5, 5.41) is 0. The van der Waals surface area contributed by atoms with Gasteiger partial charge in [-0.15, -0.1) is 0 Å². The summed E-state index contributed by atoms with van der Waals surface area (Å²) in [6.45, 7) is 0.236. The lowest BCUT2D eigenvalue weighted by Crippen LogP contribution is -2.29. The van der Waals surface area contributed by atoms with E-state index in [-0.39, 0.29) is 6.61 Å². The van der Waals surface area contributed by atoms with E-state index in [0.717, 1.165) is 5.56 Å². The standard InChI is InChI=1S/C12H12N2O3/c15-12(14-13-11-6-7-16-9-11)17-8-10-4-2-1-3-5-10/h1-7,9,13H,8H2,(H,14,15). The topological polar surface area (TPSA) is 63.5 Å². The molecular formula is C12H12N2O3. The molecular weight excluding hydrogens is 220 g/mol. The number of amides is 1. The van der Waals surface area contributed by atoms with Gasteiger partial charge in [-0.25, -0.2) is 10.2 Å². The van der Waals surface area contributed by atoms with E-state index >= 15 is 0 Å². The quantitative estimate of drug-likeness (QED) is 0.795. The van der Waals surface area contributed by atoms with Gasteiger partial charge in [0, 0.05) is 6.07 Å². The number of nitrogens with one attached hydrogen (secondary N) is 2. The Morgan fingerprint density at radius 3 is 2.76 bits per heavy atom. The normalized spacial score (nSPS) is 9.65. The Morgan fingerprint density at radius 2 is 2.06 bits per heavy atom. The van der Waals surface area contributed by atoms with Crippen molar-refractivity contribution in [1.82, 2.24) is 5.43 Å². The molecule has 1 heterocycles. The van der Waals surface area contributed by atoms with Gasteiger partial charge in [0.25, 0.3) is 0 Å². The summed E-state index contributed by atoms with van der Waals surface area (Å²) < 4.78 is 9.80. The van der Waals surface area contributed by atoms with E-state index in [1.165, 1.54) is 12.5 Å². The summed E-state index contributed by atoms with van der Waals surface area (Å²) in [7, 11) is 0. The molecule has 17 heavy (non-hydrogen) atoms. The second kappa shape index (κ2) is 5.60. The van der Waals surface area contributed by atoms with E-state index in [2.05, 4.69) is 10.9 Å². The fourth-order valence-corrected chi connectivity index (χ4v) is 1.22. The highest BCUT2D eigenvalue weighted by Crippen LogP contribution is 2.04. The smallest absolute Gasteiger partial charge is 0.426 e. The maximum absolute atomic E-state index is 11.3. The van der Waals surface area contributed by atoms with Gasteiger partial charge < -0.3 is 9.15 Å². The molecule has 0 aliphatic carbocycles. The minimum absolute atomic E-state index is 0.236. The number of benzene rings is 1. The molecule has 2 aromatic rings. The number of anilines is 1. The Hall–Kier alpha value is -2.43. The number of carbonyl (C=O) groups excluding carboxylic acids is 1. The Bertz CT molecular complexity index is 454. The Morgan fingerprint density at radius 1 is 1.24 bits per heavy atom. The molecule has 0 saturated carbocycles. The molecule has 5 heteroatoms. The zero-order valence-corrected chi connectivity index (χ0v) is 9.05. The number of furan rings is 1. The SMILES string of the molecule is O=C(NNc1ccoc1)OCc1ccccc1. The number of hydrogen-bond donors (Lipinski definition) is 2. The number of hydrazine groups is 1. The molecule has 0 unspecified atom stereocenters. The van der Waals surface area contributed by atoms with Gasteiger partial charge in [-0.2, -0.15) is 0 Å². The molecule has 0 aliphatic rings. The van der Waals surface area contributed by atoms with Crippen LogP contribution in [0.4, 0.5) is 10.5 Å². The van der Waals surface area contributed by atoms with Crippen LogP contribution in [0.25, 0.3) is 0 Å². The van der Waals surface area contributed by atoms with Gasteiger partial charge in [0.2, 0.25) is 0 Å². The van der Waals surface area contributed by atoms with Crippen LogP contribution in [0, 0.1) is 0 Å². The van der Waals surface area contributed by atoms with Gasteiger partial charge >= 0.3 is 6.09 Å². The molecule has 0 bridgehead atoms. The molecule has 1 amide bonds. The monoisotopic (exact) mass is 232 g/mol. The van der Waals surface area contributed by atoms with Gasteiger partial charge in [0.15, 0.2) is 0 Å². The lowest BCUT2D eigenvalue weighted by Gasteiger charge is -2.07. The fraction of sp³-hybridized carbons (Fsp3) is 0.0833. The summed E-state index contributed by atoms with van der Waals surface area (Å²) in [6, 6.07) is 11.1. The Kier molecular flexibility index (Phi) is 3.64. The Labute approximate surface area is 98.4 Å². The highest BCUT2D eigenvalue weighted by atomic mass is 16.6. The van der Waals surface area contributed by atoms with Crippen molar-refractivity contribution >= 4 is 11.8 Å². The number of rotatable bonds is 4. The van der Waals surface area contributed by atoms with Crippen molar-refractivity contribution in [3.05, 3.63) is 54.5 Å². The van der Waals surface area contributed by atoms with E-state index in [4.69, 9.17) is 9.15 Å². The second-order valence-electron chi connectivity index (χ2n) is 3.32. The first kappa shape index (κ1) is 11.1. The molecule has 1 aromatic heterocycles. The molecule has 0 atom stereocenters. The summed E-state index contributed by atoms with van der Waals surface area (Å²) in [4.78, 5) is 11.3. The van der Waals surface area contributed by atoms with Crippen molar-refractivity contribution in [2.45, 2.75) is 6.61 Å². The zero-order chi connectivity index (χ0) is 11.9. The molecule has 2 rings (SSSR count). The van der Waals surface area contributed by atoms with Crippen LogP contribution in [0.5, 0.6) is 0 Å². The van der Waals surface area contributed by atoms with E-state index < -0.39 is 6.09 Å². The van der Waals surface area contributed by atoms with E-state index in [1.54, 1.807) is 6.07 Å². The average Bonchev–Trinajstić information content (AvgIpc) is 2.88. The zero-order valence-electron chi connectivity index (χ0n) is 9.05. The van der Waals surface area contributed by atoms with E-state index in [1.807, 2.05) is 30.3 Å². The van der Waals surface area contributed by atoms with Crippen LogP contribution in [-0.2, 0) is 11.3 Å². The van der Waals surface area contributed by atoms with Crippen LogP contribution >= 0.6 is 0 Å². The highest BCUT2D eigenvalue weighted by molar-refractivity contribution is 5.69. The predicted octanol–water partition coefficient (Wildman–Crippen LogP) is 2.53. The lowest BCUT2D eigenvalue weighted by molar-refractivity contribution is 0.142. The van der Waals surface area contributed by atoms with Gasteiger partial charge in [-0.3, -0.25) is 5.43 Å². The van der Waals surface area contributed by atoms with Gasteiger partial charge in [0.05, 0.1) is 12.0 Å². The maximum atomic E-state index is 11.3. The summed E-state index contributed by atoms with van der Waals surface area (Å²) >= 11 is 0. The van der Waals surface area contributed by atoms with Crippen LogP contribution in [0.3, 0.4) is 0 Å². The third-order valence-corrected chi connectivity index (χ3v) is 2.04. The third-order valence-electron chi connectivity index (χ3n) is 2.04. The van der Waals surface area contributed by atoms with Crippen molar-refractivity contribution < 1.29 is 13.9 Å². The maximum Gasteiger partial charge on any atom is 0.426 e. The van der Waals surface area contributed by atoms with E-state index in [9.17, 15) is 4.79 Å². The number of carbonyl (C=O) groups is 1. The van der Waals surface area contributed by atoms with Crippen molar-refractivity contribution in [3.63, 3.8) is 0 Å². The minimum atomic E-state index is -0.546. The largest absolute Gasteiger partial charge is 0.470 e. The van der Waals surface area contributed by atoms with Crippen LogP contribution in [0.1, 0.15) is 5.56 Å². The molecule has 0 radical (unpaired) electrons. The van der Waals surface area contributed by atoms with Gasteiger partial charge in [-0.05, 0) is 5.56 Å². The van der Waals surface area contributed by atoms with Crippen molar-refractivity contribution in [2.75, 3.05) is 5.43 Å². The van der Waals surface area contributed by atoms with Gasteiger partial charge in [-0.1, -0.05) is 30.3 Å². The molecule has 1 aromatic carbocycles. The molecule has 2 N–H and O–H groups in total. The van der Waals surface area contributed by atoms with Gasteiger partial charge in [0.1, 0.15) is 12.9 Å². The van der Waals surface area contributed by atoms with E-state index in [0.29, 0.717) is 5.69 Å². The summed E-state index contributed by atoms with van der Waals surface area (Å²) in [6.07, 6.45) is 2.42. The first-order valence-electron chi connectivity index (χ1n) is 5.09.